The molecule has 0 spiro atoms. The molecule has 1 heterocycles. The molecule has 1 aliphatic carbocycles. The van der Waals surface area contributed by atoms with Gasteiger partial charge in [0.25, 0.3) is 0 Å². The van der Waals surface area contributed by atoms with Crippen molar-refractivity contribution in [2.24, 2.45) is 0 Å². The van der Waals surface area contributed by atoms with Crippen LogP contribution in [0, 0.1) is 0 Å². The van der Waals surface area contributed by atoms with Gasteiger partial charge in [0, 0.05) is 25.3 Å². The lowest BCUT2D eigenvalue weighted by molar-refractivity contribution is 0.350. The molecule has 1 fully saturated rings. The van der Waals surface area contributed by atoms with Crippen LogP contribution in [0.2, 0.25) is 0 Å². The Bertz CT molecular complexity index is 458. The van der Waals surface area contributed by atoms with Gasteiger partial charge in [-0.2, -0.15) is 4.98 Å². The molecule has 6 nitrogen and oxygen atoms in total. The summed E-state index contributed by atoms with van der Waals surface area (Å²) in [6, 6.07) is 0.279. The van der Waals surface area contributed by atoms with Crippen LogP contribution in [-0.2, 0) is 16.3 Å². The van der Waals surface area contributed by atoms with Gasteiger partial charge in [-0.15, -0.1) is 0 Å². The molecule has 0 bridgehead atoms. The van der Waals surface area contributed by atoms with E-state index in [0.717, 1.165) is 25.8 Å². The minimum absolute atomic E-state index is 0.188. The third-order valence-electron chi connectivity index (χ3n) is 3.41. The highest BCUT2D eigenvalue weighted by Gasteiger charge is 2.28. The van der Waals surface area contributed by atoms with E-state index in [1.807, 2.05) is 0 Å². The van der Waals surface area contributed by atoms with Gasteiger partial charge in [-0.3, -0.25) is 0 Å². The van der Waals surface area contributed by atoms with Crippen LogP contribution in [0.25, 0.3) is 0 Å². The Morgan fingerprint density at radius 1 is 1.50 bits per heavy atom. The second-order valence-electron chi connectivity index (χ2n) is 4.85. The Labute approximate surface area is 107 Å². The fourth-order valence-corrected chi connectivity index (χ4v) is 3.59. The average Bonchev–Trinajstić information content (AvgIpc) is 2.81. The van der Waals surface area contributed by atoms with E-state index in [1.54, 1.807) is 0 Å². The third-order valence-corrected chi connectivity index (χ3v) is 5.05. The summed E-state index contributed by atoms with van der Waals surface area (Å²) in [6.45, 7) is 0.739. The van der Waals surface area contributed by atoms with Gasteiger partial charge in [0.15, 0.2) is 6.33 Å². The number of aromatic nitrogens is 2. The Morgan fingerprint density at radius 2 is 2.33 bits per heavy atom. The molecule has 7 heteroatoms. The van der Waals surface area contributed by atoms with Gasteiger partial charge in [-0.1, -0.05) is 11.6 Å². The van der Waals surface area contributed by atoms with Crippen molar-refractivity contribution in [2.75, 3.05) is 12.8 Å². The molecule has 1 aliphatic rings. The first kappa shape index (κ1) is 13.5. The van der Waals surface area contributed by atoms with E-state index in [9.17, 15) is 8.42 Å². The van der Waals surface area contributed by atoms with Crippen LogP contribution in [0.15, 0.2) is 10.9 Å². The number of sulfone groups is 1. The van der Waals surface area contributed by atoms with Crippen molar-refractivity contribution in [1.82, 2.24) is 15.5 Å². The SMILES string of the molecule is CS(=O)(=O)C1CCCC(NCCc2ncno2)C1. The first-order valence-corrected chi connectivity index (χ1v) is 8.19. The monoisotopic (exact) mass is 273 g/mol. The maximum atomic E-state index is 11.5. The van der Waals surface area contributed by atoms with Gasteiger partial charge in [-0.05, 0) is 19.3 Å². The minimum atomic E-state index is -2.91. The van der Waals surface area contributed by atoms with E-state index in [2.05, 4.69) is 15.5 Å². The van der Waals surface area contributed by atoms with Crippen LogP contribution < -0.4 is 5.32 Å². The molecule has 0 aromatic carbocycles. The molecule has 18 heavy (non-hydrogen) atoms. The maximum Gasteiger partial charge on any atom is 0.227 e. The van der Waals surface area contributed by atoms with Crippen molar-refractivity contribution in [3.8, 4) is 0 Å². The average molecular weight is 273 g/mol. The summed E-state index contributed by atoms with van der Waals surface area (Å²) >= 11 is 0. The second-order valence-corrected chi connectivity index (χ2v) is 7.18. The summed E-state index contributed by atoms with van der Waals surface area (Å²) in [6.07, 6.45) is 6.91. The Balaban J connectivity index is 1.76. The molecule has 2 unspecified atom stereocenters. The van der Waals surface area contributed by atoms with Gasteiger partial charge in [0.05, 0.1) is 5.25 Å². The molecule has 0 saturated heterocycles. The van der Waals surface area contributed by atoms with Crippen LogP contribution in [0.3, 0.4) is 0 Å². The van der Waals surface area contributed by atoms with E-state index < -0.39 is 9.84 Å². The predicted molar refractivity (Wildman–Crippen MR) is 66.9 cm³/mol. The highest BCUT2D eigenvalue weighted by atomic mass is 32.2. The van der Waals surface area contributed by atoms with Crippen molar-refractivity contribution in [1.29, 1.82) is 0 Å². The smallest absolute Gasteiger partial charge is 0.227 e. The topological polar surface area (TPSA) is 85.1 Å². The summed E-state index contributed by atoms with van der Waals surface area (Å²) in [5, 5.41) is 6.72. The number of rotatable bonds is 5. The molecular weight excluding hydrogens is 254 g/mol. The first-order valence-electron chi connectivity index (χ1n) is 6.23. The zero-order valence-corrected chi connectivity index (χ0v) is 11.3. The van der Waals surface area contributed by atoms with Gasteiger partial charge in [0.2, 0.25) is 5.89 Å². The summed E-state index contributed by atoms with van der Waals surface area (Å²) < 4.78 is 28.0. The first-order chi connectivity index (χ1) is 8.55. The number of hydrogen-bond donors (Lipinski definition) is 1. The summed E-state index contributed by atoms with van der Waals surface area (Å²) in [4.78, 5) is 3.94. The quantitative estimate of drug-likeness (QED) is 0.843. The molecule has 2 atom stereocenters. The third kappa shape index (κ3) is 3.78. The molecule has 0 aliphatic heterocycles. The maximum absolute atomic E-state index is 11.5. The molecule has 1 aromatic rings. The van der Waals surface area contributed by atoms with Gasteiger partial charge >= 0.3 is 0 Å². The zero-order valence-electron chi connectivity index (χ0n) is 10.5. The minimum Gasteiger partial charge on any atom is -0.340 e. The highest BCUT2D eigenvalue weighted by Crippen LogP contribution is 2.23. The van der Waals surface area contributed by atoms with Crippen molar-refractivity contribution in [3.63, 3.8) is 0 Å². The lowest BCUT2D eigenvalue weighted by Gasteiger charge is -2.28. The van der Waals surface area contributed by atoms with E-state index in [1.165, 1.54) is 12.6 Å². The van der Waals surface area contributed by atoms with Crippen molar-refractivity contribution in [3.05, 3.63) is 12.2 Å². The van der Waals surface area contributed by atoms with Crippen LogP contribution in [-0.4, -0.2) is 42.7 Å². The fourth-order valence-electron chi connectivity index (χ4n) is 2.41. The second kappa shape index (κ2) is 5.79. The summed E-state index contributed by atoms with van der Waals surface area (Å²) in [5.74, 6) is 0.609. The van der Waals surface area contributed by atoms with Crippen LogP contribution in [0.5, 0.6) is 0 Å². The molecule has 102 valence electrons. The number of nitrogens with one attached hydrogen (secondary N) is 1. The predicted octanol–water partition coefficient (Wildman–Crippen LogP) is 0.557. The van der Waals surface area contributed by atoms with Crippen LogP contribution in [0.4, 0.5) is 0 Å². The summed E-state index contributed by atoms with van der Waals surface area (Å²) in [7, 11) is -2.91. The molecule has 0 amide bonds. The lowest BCUT2D eigenvalue weighted by Crippen LogP contribution is -2.39. The molecule has 1 N–H and O–H groups in total. The standard InChI is InChI=1S/C11H19N3O3S/c1-18(15,16)10-4-2-3-9(7-10)12-6-5-11-13-8-14-17-11/h8-10,12H,2-7H2,1H3. The van der Waals surface area contributed by atoms with Crippen molar-refractivity contribution in [2.45, 2.75) is 43.4 Å². The van der Waals surface area contributed by atoms with Crippen LogP contribution >= 0.6 is 0 Å². The van der Waals surface area contributed by atoms with Gasteiger partial charge in [0.1, 0.15) is 9.84 Å². The fraction of sp³-hybridized carbons (Fsp3) is 0.818. The van der Waals surface area contributed by atoms with Crippen molar-refractivity contribution >= 4 is 9.84 Å². The van der Waals surface area contributed by atoms with E-state index >= 15 is 0 Å². The normalized spacial score (nSPS) is 25.2. The van der Waals surface area contributed by atoms with E-state index in [4.69, 9.17) is 4.52 Å². The largest absolute Gasteiger partial charge is 0.340 e. The molecule has 2 rings (SSSR count). The molecule has 1 aromatic heterocycles. The molecular formula is C11H19N3O3S. The number of nitrogens with zero attached hydrogens (tertiary/aromatic N) is 2. The number of hydrogen-bond acceptors (Lipinski definition) is 6. The van der Waals surface area contributed by atoms with Gasteiger partial charge in [-0.25, -0.2) is 8.42 Å². The highest BCUT2D eigenvalue weighted by molar-refractivity contribution is 7.91. The van der Waals surface area contributed by atoms with Crippen molar-refractivity contribution < 1.29 is 12.9 Å². The lowest BCUT2D eigenvalue weighted by atomic mass is 9.95. The Kier molecular flexibility index (Phi) is 4.34. The zero-order chi connectivity index (χ0) is 13.0. The van der Waals surface area contributed by atoms with Gasteiger partial charge < -0.3 is 9.84 Å². The Morgan fingerprint density at radius 3 is 3.00 bits per heavy atom. The molecule has 1 saturated carbocycles. The van der Waals surface area contributed by atoms with E-state index in [-0.39, 0.29) is 11.3 Å². The summed E-state index contributed by atoms with van der Waals surface area (Å²) in [5.41, 5.74) is 0. The van der Waals surface area contributed by atoms with E-state index in [0.29, 0.717) is 18.7 Å². The van der Waals surface area contributed by atoms with Crippen LogP contribution in [0.1, 0.15) is 31.6 Å². The molecule has 0 radical (unpaired) electrons. The Hall–Kier alpha value is -0.950.